The third kappa shape index (κ3) is 6.64. The number of hydrogen-bond donors (Lipinski definition) is 0. The third-order valence-corrected chi connectivity index (χ3v) is 3.96. The molecule has 0 saturated heterocycles. The molecule has 0 aliphatic carbocycles. The van der Waals surface area contributed by atoms with Crippen molar-refractivity contribution in [1.29, 1.82) is 5.26 Å². The number of halogens is 4. The topological polar surface area (TPSA) is 63.0 Å². The molecule has 0 spiro atoms. The van der Waals surface area contributed by atoms with Crippen LogP contribution in [0.4, 0.5) is 17.6 Å². The predicted octanol–water partition coefficient (Wildman–Crippen LogP) is 5.73. The highest BCUT2D eigenvalue weighted by atomic mass is 19.3. The number of benzene rings is 1. The van der Waals surface area contributed by atoms with Crippen LogP contribution >= 0.6 is 0 Å². The second-order valence-corrected chi connectivity index (χ2v) is 6.43. The molecule has 160 valence electrons. The molecular formula is C23H18F4N2O2. The predicted molar refractivity (Wildman–Crippen MR) is 106 cm³/mol. The summed E-state index contributed by atoms with van der Waals surface area (Å²) in [5.74, 6) is -7.33. The molecule has 1 heterocycles. The zero-order chi connectivity index (χ0) is 23.0. The molecule has 0 unspecified atom stereocenters. The minimum atomic E-state index is -3.94. The van der Waals surface area contributed by atoms with Gasteiger partial charge in [-0.3, -0.25) is 9.78 Å². The van der Waals surface area contributed by atoms with E-state index in [0.717, 1.165) is 6.07 Å². The van der Waals surface area contributed by atoms with Crippen LogP contribution in [0.25, 0.3) is 0 Å². The van der Waals surface area contributed by atoms with Crippen molar-refractivity contribution in [3.05, 3.63) is 95.1 Å². The van der Waals surface area contributed by atoms with E-state index in [4.69, 9.17) is 10.00 Å². The van der Waals surface area contributed by atoms with E-state index in [1.54, 1.807) is 38.2 Å². The molecule has 0 bridgehead atoms. The Morgan fingerprint density at radius 2 is 1.97 bits per heavy atom. The average molecular weight is 430 g/mol. The van der Waals surface area contributed by atoms with Gasteiger partial charge >= 0.3 is 5.92 Å². The number of pyridine rings is 1. The Kier molecular flexibility index (Phi) is 7.86. The Balaban J connectivity index is 2.09. The van der Waals surface area contributed by atoms with Gasteiger partial charge in [-0.05, 0) is 56.3 Å². The van der Waals surface area contributed by atoms with Crippen molar-refractivity contribution in [3.8, 4) is 11.8 Å². The number of allylic oxidation sites excluding steroid dienone is 6. The van der Waals surface area contributed by atoms with E-state index in [1.165, 1.54) is 18.3 Å². The van der Waals surface area contributed by atoms with Crippen molar-refractivity contribution < 1.29 is 27.1 Å². The van der Waals surface area contributed by atoms with Crippen molar-refractivity contribution >= 4 is 5.78 Å². The van der Waals surface area contributed by atoms with Crippen LogP contribution in [-0.2, 0) is 6.42 Å². The Morgan fingerprint density at radius 1 is 1.23 bits per heavy atom. The first-order chi connectivity index (χ1) is 14.7. The monoisotopic (exact) mass is 430 g/mol. The maximum Gasteiger partial charge on any atom is 0.315 e. The van der Waals surface area contributed by atoms with Gasteiger partial charge in [0.2, 0.25) is 5.78 Å². The highest BCUT2D eigenvalue weighted by molar-refractivity contribution is 6.01. The lowest BCUT2D eigenvalue weighted by atomic mass is 10.0. The molecule has 0 saturated carbocycles. The standard InChI is InChI=1S/C23H18F4N2O2/c1-3-4-16(13-28)6-5-15(2)31-19-9-8-18(29-14-19)12-23(26,27)22(30)20-10-7-17(24)11-21(20)25/h3-11,14H,12H2,1-2H3/b4-3-,15-5+,16-6+. The van der Waals surface area contributed by atoms with Crippen molar-refractivity contribution in [3.63, 3.8) is 0 Å². The number of ketones is 1. The first-order valence-electron chi connectivity index (χ1n) is 9.08. The first kappa shape index (κ1) is 23.5. The fourth-order valence-corrected chi connectivity index (χ4v) is 2.49. The minimum absolute atomic E-state index is 0.116. The molecule has 31 heavy (non-hydrogen) atoms. The van der Waals surface area contributed by atoms with E-state index in [0.29, 0.717) is 23.5 Å². The van der Waals surface area contributed by atoms with Crippen LogP contribution in [-0.4, -0.2) is 16.7 Å². The molecule has 8 heteroatoms. The van der Waals surface area contributed by atoms with Crippen molar-refractivity contribution in [2.75, 3.05) is 0 Å². The average Bonchev–Trinajstić information content (AvgIpc) is 2.72. The fraction of sp³-hybridized carbons (Fsp3) is 0.174. The van der Waals surface area contributed by atoms with Crippen LogP contribution in [0.3, 0.4) is 0 Å². The van der Waals surface area contributed by atoms with Crippen LogP contribution in [0.15, 0.2) is 72.2 Å². The molecule has 2 rings (SSSR count). The number of ether oxygens (including phenoxy) is 1. The number of nitrogens with zero attached hydrogens (tertiary/aromatic N) is 2. The Bertz CT molecular complexity index is 1080. The third-order valence-electron chi connectivity index (χ3n) is 3.96. The normalized spacial score (nSPS) is 12.7. The summed E-state index contributed by atoms with van der Waals surface area (Å²) in [5.41, 5.74) is -0.590. The highest BCUT2D eigenvalue weighted by Crippen LogP contribution is 2.26. The number of hydrogen-bond acceptors (Lipinski definition) is 4. The van der Waals surface area contributed by atoms with Crippen molar-refractivity contribution in [2.45, 2.75) is 26.2 Å². The number of Topliss-reactive ketones (excluding diaryl/α,β-unsaturated/α-hetero) is 1. The molecule has 0 amide bonds. The lowest BCUT2D eigenvalue weighted by Gasteiger charge is -2.15. The summed E-state index contributed by atoms with van der Waals surface area (Å²) < 4.78 is 60.7. The molecule has 0 N–H and O–H groups in total. The number of rotatable bonds is 8. The van der Waals surface area contributed by atoms with E-state index in [2.05, 4.69) is 4.98 Å². The first-order valence-corrected chi connectivity index (χ1v) is 9.08. The molecule has 2 aromatic rings. The van der Waals surface area contributed by atoms with E-state index in [-0.39, 0.29) is 11.4 Å². The summed E-state index contributed by atoms with van der Waals surface area (Å²) in [4.78, 5) is 15.9. The lowest BCUT2D eigenvalue weighted by Crippen LogP contribution is -2.32. The van der Waals surface area contributed by atoms with Gasteiger partial charge in [0, 0.05) is 11.8 Å². The second kappa shape index (κ2) is 10.3. The van der Waals surface area contributed by atoms with Gasteiger partial charge in [-0.25, -0.2) is 8.78 Å². The number of aromatic nitrogens is 1. The summed E-state index contributed by atoms with van der Waals surface area (Å²) >= 11 is 0. The van der Waals surface area contributed by atoms with Crippen LogP contribution in [0.1, 0.15) is 29.9 Å². The van der Waals surface area contributed by atoms with Gasteiger partial charge in [0.1, 0.15) is 23.1 Å². The Hall–Kier alpha value is -3.73. The van der Waals surface area contributed by atoms with Crippen LogP contribution in [0.2, 0.25) is 0 Å². The van der Waals surface area contributed by atoms with E-state index >= 15 is 0 Å². The zero-order valence-corrected chi connectivity index (χ0v) is 16.7. The number of nitriles is 1. The largest absolute Gasteiger partial charge is 0.460 e. The van der Waals surface area contributed by atoms with Gasteiger partial charge in [-0.15, -0.1) is 0 Å². The molecule has 0 fully saturated rings. The van der Waals surface area contributed by atoms with Gasteiger partial charge < -0.3 is 4.74 Å². The number of carbonyl (C=O) groups excluding carboxylic acids is 1. The maximum atomic E-state index is 14.3. The summed E-state index contributed by atoms with van der Waals surface area (Å²) in [6.07, 6.45) is 6.60. The van der Waals surface area contributed by atoms with Gasteiger partial charge in [0.25, 0.3) is 0 Å². The maximum absolute atomic E-state index is 14.3. The quantitative estimate of drug-likeness (QED) is 0.176. The van der Waals surface area contributed by atoms with Gasteiger partial charge in [-0.2, -0.15) is 14.0 Å². The van der Waals surface area contributed by atoms with E-state index in [1.807, 2.05) is 6.07 Å². The summed E-state index contributed by atoms with van der Waals surface area (Å²) in [6, 6.07) is 6.43. The molecule has 0 aliphatic rings. The fourth-order valence-electron chi connectivity index (χ4n) is 2.49. The van der Waals surface area contributed by atoms with Gasteiger partial charge in [0.15, 0.2) is 0 Å². The molecule has 0 radical (unpaired) electrons. The molecular weight excluding hydrogens is 412 g/mol. The number of carbonyl (C=O) groups is 1. The van der Waals surface area contributed by atoms with Crippen molar-refractivity contribution in [1.82, 2.24) is 4.98 Å². The van der Waals surface area contributed by atoms with E-state index < -0.39 is 35.3 Å². The van der Waals surface area contributed by atoms with Crippen molar-refractivity contribution in [2.24, 2.45) is 0 Å². The Morgan fingerprint density at radius 3 is 2.55 bits per heavy atom. The minimum Gasteiger partial charge on any atom is -0.460 e. The molecule has 4 nitrogen and oxygen atoms in total. The molecule has 1 aromatic heterocycles. The summed E-state index contributed by atoms with van der Waals surface area (Å²) in [7, 11) is 0. The number of alkyl halides is 2. The van der Waals surface area contributed by atoms with Crippen LogP contribution in [0, 0.1) is 23.0 Å². The van der Waals surface area contributed by atoms with Gasteiger partial charge in [-0.1, -0.05) is 6.08 Å². The molecule has 0 aliphatic heterocycles. The smallest absolute Gasteiger partial charge is 0.315 e. The molecule has 0 atom stereocenters. The SMILES string of the molecule is C\C=C/C(C#N)=C\C=C(/C)Oc1ccc(CC(F)(F)C(=O)c2ccc(F)cc2F)nc1. The molecule has 1 aromatic carbocycles. The van der Waals surface area contributed by atoms with Crippen LogP contribution in [0.5, 0.6) is 5.75 Å². The second-order valence-electron chi connectivity index (χ2n) is 6.43. The van der Waals surface area contributed by atoms with E-state index in [9.17, 15) is 22.4 Å². The summed E-state index contributed by atoms with van der Waals surface area (Å²) in [5, 5.41) is 8.95. The highest BCUT2D eigenvalue weighted by Gasteiger charge is 2.41. The van der Waals surface area contributed by atoms with Crippen LogP contribution < -0.4 is 4.74 Å². The van der Waals surface area contributed by atoms with Gasteiger partial charge in [0.05, 0.1) is 29.8 Å². The summed E-state index contributed by atoms with van der Waals surface area (Å²) in [6.45, 7) is 3.41. The Labute approximate surface area is 176 Å². The lowest BCUT2D eigenvalue weighted by molar-refractivity contribution is 0.00964. The zero-order valence-electron chi connectivity index (χ0n) is 16.7.